The number of piperidine rings is 2. The van der Waals surface area contributed by atoms with Crippen LogP contribution in [0.1, 0.15) is 64.4 Å². The first-order valence-electron chi connectivity index (χ1n) is 11.7. The van der Waals surface area contributed by atoms with E-state index in [1.54, 1.807) is 0 Å². The Morgan fingerprint density at radius 2 is 1.90 bits per heavy atom. The van der Waals surface area contributed by atoms with Gasteiger partial charge in [-0.05, 0) is 88.2 Å². The lowest BCUT2D eigenvalue weighted by Gasteiger charge is -2.42. The summed E-state index contributed by atoms with van der Waals surface area (Å²) in [5, 5.41) is 3.45. The molecule has 0 bridgehead atoms. The van der Waals surface area contributed by atoms with E-state index in [1.807, 2.05) is 12.4 Å². The number of nitrogens with one attached hydrogen (secondary N) is 1. The molecule has 1 aromatic heterocycles. The van der Waals surface area contributed by atoms with Crippen LogP contribution >= 0.6 is 0 Å². The molecule has 1 unspecified atom stereocenters. The van der Waals surface area contributed by atoms with Crippen LogP contribution in [0.25, 0.3) is 0 Å². The number of carbonyl (C=O) groups is 1. The lowest BCUT2D eigenvalue weighted by atomic mass is 9.92. The summed E-state index contributed by atoms with van der Waals surface area (Å²) in [6.45, 7) is 9.97. The van der Waals surface area contributed by atoms with E-state index in [9.17, 15) is 4.79 Å². The molecule has 1 aliphatic carbocycles. The zero-order valence-electron chi connectivity index (χ0n) is 18.3. The van der Waals surface area contributed by atoms with E-state index in [4.69, 9.17) is 0 Å². The number of rotatable bonds is 7. The zero-order valence-corrected chi connectivity index (χ0v) is 18.3. The molecule has 2 aliphatic heterocycles. The molecule has 3 fully saturated rings. The summed E-state index contributed by atoms with van der Waals surface area (Å²) >= 11 is 0. The van der Waals surface area contributed by atoms with E-state index >= 15 is 0 Å². The maximum absolute atomic E-state index is 13.0. The van der Waals surface area contributed by atoms with E-state index in [1.165, 1.54) is 31.2 Å². The second-order valence-corrected chi connectivity index (χ2v) is 10.1. The van der Waals surface area contributed by atoms with E-state index < -0.39 is 0 Å². The van der Waals surface area contributed by atoms with Crippen molar-refractivity contribution in [2.75, 3.05) is 26.2 Å². The molecule has 0 spiro atoms. The summed E-state index contributed by atoms with van der Waals surface area (Å²) in [5.41, 5.74) is 1.48. The van der Waals surface area contributed by atoms with E-state index in [0.29, 0.717) is 17.9 Å². The van der Waals surface area contributed by atoms with Crippen LogP contribution in [0.2, 0.25) is 0 Å². The number of pyridine rings is 1. The van der Waals surface area contributed by atoms with Gasteiger partial charge in [-0.15, -0.1) is 0 Å². The summed E-state index contributed by atoms with van der Waals surface area (Å²) in [4.78, 5) is 22.3. The lowest BCUT2D eigenvalue weighted by molar-refractivity contribution is -0.128. The second-order valence-electron chi connectivity index (χ2n) is 10.1. The van der Waals surface area contributed by atoms with Crippen molar-refractivity contribution in [3.63, 3.8) is 0 Å². The van der Waals surface area contributed by atoms with Gasteiger partial charge in [0.25, 0.3) is 0 Å². The minimum atomic E-state index is 0.131. The van der Waals surface area contributed by atoms with Crippen LogP contribution in [0, 0.1) is 11.8 Å². The highest BCUT2D eigenvalue weighted by Crippen LogP contribution is 2.41. The molecule has 1 atom stereocenters. The molecule has 29 heavy (non-hydrogen) atoms. The van der Waals surface area contributed by atoms with Gasteiger partial charge in [0.15, 0.2) is 0 Å². The van der Waals surface area contributed by atoms with Crippen LogP contribution in [-0.4, -0.2) is 58.5 Å². The van der Waals surface area contributed by atoms with Gasteiger partial charge in [-0.3, -0.25) is 19.6 Å². The van der Waals surface area contributed by atoms with E-state index in [0.717, 1.165) is 52.0 Å². The summed E-state index contributed by atoms with van der Waals surface area (Å²) in [6.07, 6.45) is 11.9. The van der Waals surface area contributed by atoms with Crippen molar-refractivity contribution in [2.45, 2.75) is 76.9 Å². The summed E-state index contributed by atoms with van der Waals surface area (Å²) in [5.74, 6) is 1.16. The summed E-state index contributed by atoms with van der Waals surface area (Å²) in [6, 6.07) is 4.88. The molecule has 0 aromatic carbocycles. The Labute approximate surface area is 176 Å². The maximum Gasteiger partial charge on any atom is 0.224 e. The number of nitrogens with zero attached hydrogens (tertiary/aromatic N) is 3. The smallest absolute Gasteiger partial charge is 0.224 e. The van der Waals surface area contributed by atoms with Crippen molar-refractivity contribution in [1.82, 2.24) is 20.1 Å². The number of aromatic nitrogens is 1. The highest BCUT2D eigenvalue weighted by molar-refractivity contribution is 5.80. The highest BCUT2D eigenvalue weighted by atomic mass is 16.2. The van der Waals surface area contributed by atoms with Crippen LogP contribution in [-0.2, 0) is 11.3 Å². The number of hydrogen-bond acceptors (Lipinski definition) is 4. The number of hydrogen-bond donors (Lipinski definition) is 1. The Hall–Kier alpha value is -1.46. The van der Waals surface area contributed by atoms with Crippen LogP contribution in [0.3, 0.4) is 0 Å². The topological polar surface area (TPSA) is 48.5 Å². The summed E-state index contributed by atoms with van der Waals surface area (Å²) < 4.78 is 0. The minimum Gasteiger partial charge on any atom is -0.350 e. The van der Waals surface area contributed by atoms with Gasteiger partial charge in [0.05, 0.1) is 5.92 Å². The molecular weight excluding hydrogens is 360 g/mol. The third-order valence-corrected chi connectivity index (χ3v) is 7.09. The molecule has 160 valence electrons. The van der Waals surface area contributed by atoms with Gasteiger partial charge in [0.1, 0.15) is 0 Å². The van der Waals surface area contributed by atoms with E-state index in [-0.39, 0.29) is 11.5 Å². The monoisotopic (exact) mass is 398 g/mol. The average molecular weight is 399 g/mol. The summed E-state index contributed by atoms with van der Waals surface area (Å²) in [7, 11) is 0. The normalized spacial score (nSPS) is 25.8. The quantitative estimate of drug-likeness (QED) is 0.764. The predicted molar refractivity (Wildman–Crippen MR) is 116 cm³/mol. The molecule has 0 radical (unpaired) electrons. The van der Waals surface area contributed by atoms with E-state index in [2.05, 4.69) is 46.1 Å². The highest BCUT2D eigenvalue weighted by Gasteiger charge is 2.45. The Bertz CT molecular complexity index is 665. The second kappa shape index (κ2) is 9.13. The van der Waals surface area contributed by atoms with Gasteiger partial charge in [-0.2, -0.15) is 0 Å². The molecule has 2 saturated heterocycles. The fourth-order valence-corrected chi connectivity index (χ4v) is 5.42. The molecule has 5 nitrogen and oxygen atoms in total. The van der Waals surface area contributed by atoms with Gasteiger partial charge in [0, 0.05) is 37.1 Å². The third-order valence-electron chi connectivity index (χ3n) is 7.09. The standard InChI is InChI=1S/C24H38N4O/c1-19(2)16-24(9-10-24)26-23(29)21-4-3-13-28(18-21)22-7-14-27(15-8-22)17-20-5-11-25-12-6-20/h5-6,11-12,19,21-22H,3-4,7-10,13-18H2,1-2H3,(H,26,29). The first kappa shape index (κ1) is 20.8. The van der Waals surface area contributed by atoms with Gasteiger partial charge in [0.2, 0.25) is 5.91 Å². The SMILES string of the molecule is CC(C)CC1(NC(=O)C2CCCN(C3CCN(Cc4ccncc4)CC3)C2)CC1. The molecule has 3 aliphatic rings. The van der Waals surface area contributed by atoms with Crippen LogP contribution in [0.15, 0.2) is 24.5 Å². The molecule has 1 N–H and O–H groups in total. The van der Waals surface area contributed by atoms with Gasteiger partial charge < -0.3 is 5.32 Å². The fraction of sp³-hybridized carbons (Fsp3) is 0.750. The Kier molecular flexibility index (Phi) is 6.55. The van der Waals surface area contributed by atoms with Crippen LogP contribution in [0.4, 0.5) is 0 Å². The molecule has 1 amide bonds. The first-order chi connectivity index (χ1) is 14.0. The molecule has 5 heteroatoms. The van der Waals surface area contributed by atoms with Crippen LogP contribution < -0.4 is 5.32 Å². The van der Waals surface area contributed by atoms with Gasteiger partial charge in [-0.1, -0.05) is 13.8 Å². The Morgan fingerprint density at radius 1 is 1.17 bits per heavy atom. The van der Waals surface area contributed by atoms with Gasteiger partial charge in [-0.25, -0.2) is 0 Å². The number of amides is 1. The van der Waals surface area contributed by atoms with Crippen molar-refractivity contribution in [1.29, 1.82) is 0 Å². The first-order valence-corrected chi connectivity index (χ1v) is 11.7. The Balaban J connectivity index is 1.24. The number of carbonyl (C=O) groups excluding carboxylic acids is 1. The van der Waals surface area contributed by atoms with Crippen molar-refractivity contribution >= 4 is 5.91 Å². The van der Waals surface area contributed by atoms with Crippen molar-refractivity contribution in [3.05, 3.63) is 30.1 Å². The molecule has 3 heterocycles. The molecule has 4 rings (SSSR count). The maximum atomic E-state index is 13.0. The molecular formula is C24H38N4O. The fourth-order valence-electron chi connectivity index (χ4n) is 5.42. The lowest BCUT2D eigenvalue weighted by Crippen LogP contribution is -2.52. The largest absolute Gasteiger partial charge is 0.350 e. The third kappa shape index (κ3) is 5.58. The Morgan fingerprint density at radius 3 is 2.55 bits per heavy atom. The van der Waals surface area contributed by atoms with Crippen molar-refractivity contribution in [2.24, 2.45) is 11.8 Å². The van der Waals surface area contributed by atoms with Crippen molar-refractivity contribution in [3.8, 4) is 0 Å². The number of likely N-dealkylation sites (tertiary alicyclic amines) is 2. The average Bonchev–Trinajstić information content (AvgIpc) is 3.47. The van der Waals surface area contributed by atoms with Crippen LogP contribution in [0.5, 0.6) is 0 Å². The molecule has 1 aromatic rings. The predicted octanol–water partition coefficient (Wildman–Crippen LogP) is 3.45. The minimum absolute atomic E-state index is 0.131. The zero-order chi connectivity index (χ0) is 20.3. The van der Waals surface area contributed by atoms with Gasteiger partial charge >= 0.3 is 0 Å². The van der Waals surface area contributed by atoms with Crippen molar-refractivity contribution < 1.29 is 4.79 Å². The molecule has 1 saturated carbocycles.